The third-order valence-electron chi connectivity index (χ3n) is 4.07. The van der Waals surface area contributed by atoms with Crippen LogP contribution in [0.3, 0.4) is 0 Å². The first-order valence-electron chi connectivity index (χ1n) is 7.06. The predicted octanol–water partition coefficient (Wildman–Crippen LogP) is 3.03. The molecule has 0 unspecified atom stereocenters. The Labute approximate surface area is 117 Å². The van der Waals surface area contributed by atoms with Gasteiger partial charge in [0.25, 0.3) is 0 Å². The first kappa shape index (κ1) is 13.0. The van der Waals surface area contributed by atoms with Gasteiger partial charge in [0.2, 0.25) is 0 Å². The molecule has 0 atom stereocenters. The van der Waals surface area contributed by atoms with Crippen LogP contribution in [-0.4, -0.2) is 9.66 Å². The molecule has 1 heterocycles. The summed E-state index contributed by atoms with van der Waals surface area (Å²) in [6, 6.07) is 6.51. The molecule has 5 heteroatoms. The molecule has 1 aromatic heterocycles. The molecule has 1 aliphatic rings. The van der Waals surface area contributed by atoms with Crippen LogP contribution in [0.2, 0.25) is 0 Å². The SMILES string of the molecule is Nc1c(-c2ccccc2F)nc(C2CCCCC2)n1N. The Kier molecular flexibility index (Phi) is 3.34. The molecule has 1 aliphatic carbocycles. The molecule has 0 radical (unpaired) electrons. The number of halogens is 1. The summed E-state index contributed by atoms with van der Waals surface area (Å²) in [5.41, 5.74) is 6.88. The summed E-state index contributed by atoms with van der Waals surface area (Å²) in [7, 11) is 0. The zero-order valence-electron chi connectivity index (χ0n) is 11.3. The number of hydrogen-bond acceptors (Lipinski definition) is 3. The van der Waals surface area contributed by atoms with Crippen LogP contribution in [-0.2, 0) is 0 Å². The van der Waals surface area contributed by atoms with E-state index in [1.54, 1.807) is 18.2 Å². The van der Waals surface area contributed by atoms with Crippen LogP contribution >= 0.6 is 0 Å². The van der Waals surface area contributed by atoms with Crippen LogP contribution in [0.5, 0.6) is 0 Å². The van der Waals surface area contributed by atoms with Gasteiger partial charge in [-0.15, -0.1) is 0 Å². The number of anilines is 1. The van der Waals surface area contributed by atoms with Crippen LogP contribution in [0.25, 0.3) is 11.3 Å². The van der Waals surface area contributed by atoms with E-state index in [0.29, 0.717) is 23.0 Å². The fourth-order valence-corrected chi connectivity index (χ4v) is 2.96. The highest BCUT2D eigenvalue weighted by atomic mass is 19.1. The molecule has 0 bridgehead atoms. The van der Waals surface area contributed by atoms with Crippen molar-refractivity contribution in [2.24, 2.45) is 0 Å². The molecule has 3 rings (SSSR count). The molecule has 4 N–H and O–H groups in total. The quantitative estimate of drug-likeness (QED) is 0.827. The van der Waals surface area contributed by atoms with Gasteiger partial charge in [-0.05, 0) is 25.0 Å². The number of nitrogens with two attached hydrogens (primary N) is 2. The summed E-state index contributed by atoms with van der Waals surface area (Å²) in [6.07, 6.45) is 5.78. The van der Waals surface area contributed by atoms with Crippen molar-refractivity contribution in [3.63, 3.8) is 0 Å². The number of nitrogen functional groups attached to an aromatic ring is 2. The average molecular weight is 274 g/mol. The van der Waals surface area contributed by atoms with Crippen molar-refractivity contribution in [3.05, 3.63) is 35.9 Å². The third kappa shape index (κ3) is 2.13. The lowest BCUT2D eigenvalue weighted by Gasteiger charge is -2.20. The summed E-state index contributed by atoms with van der Waals surface area (Å²) >= 11 is 0. The van der Waals surface area contributed by atoms with Gasteiger partial charge in [-0.3, -0.25) is 0 Å². The first-order chi connectivity index (χ1) is 9.68. The van der Waals surface area contributed by atoms with Crippen LogP contribution in [0.1, 0.15) is 43.8 Å². The van der Waals surface area contributed by atoms with Crippen molar-refractivity contribution in [1.29, 1.82) is 0 Å². The Morgan fingerprint density at radius 2 is 1.85 bits per heavy atom. The number of aromatic nitrogens is 2. The van der Waals surface area contributed by atoms with Crippen LogP contribution in [0, 0.1) is 5.82 Å². The predicted molar refractivity (Wildman–Crippen MR) is 78.0 cm³/mol. The summed E-state index contributed by atoms with van der Waals surface area (Å²) in [5.74, 6) is 7.14. The normalized spacial score (nSPS) is 16.4. The number of imidazole rings is 1. The molecule has 4 nitrogen and oxygen atoms in total. The van der Waals surface area contributed by atoms with E-state index in [1.807, 2.05) is 0 Å². The van der Waals surface area contributed by atoms with Gasteiger partial charge in [0, 0.05) is 11.5 Å². The zero-order valence-corrected chi connectivity index (χ0v) is 11.3. The summed E-state index contributed by atoms with van der Waals surface area (Å²) in [4.78, 5) is 4.54. The summed E-state index contributed by atoms with van der Waals surface area (Å²) < 4.78 is 15.3. The lowest BCUT2D eigenvalue weighted by atomic mass is 9.89. The molecule has 106 valence electrons. The van der Waals surface area contributed by atoms with Gasteiger partial charge in [-0.1, -0.05) is 31.4 Å². The number of benzene rings is 1. The Bertz CT molecular complexity index is 614. The second-order valence-electron chi connectivity index (χ2n) is 5.39. The van der Waals surface area contributed by atoms with E-state index >= 15 is 0 Å². The van der Waals surface area contributed by atoms with Crippen molar-refractivity contribution >= 4 is 5.82 Å². The minimum Gasteiger partial charge on any atom is -0.382 e. The highest BCUT2D eigenvalue weighted by Crippen LogP contribution is 2.35. The lowest BCUT2D eigenvalue weighted by Crippen LogP contribution is -2.19. The smallest absolute Gasteiger partial charge is 0.150 e. The van der Waals surface area contributed by atoms with E-state index in [4.69, 9.17) is 11.6 Å². The minimum atomic E-state index is -0.326. The number of hydrogen-bond donors (Lipinski definition) is 2. The molecule has 20 heavy (non-hydrogen) atoms. The second-order valence-corrected chi connectivity index (χ2v) is 5.39. The molecule has 1 aromatic carbocycles. The van der Waals surface area contributed by atoms with E-state index in [2.05, 4.69) is 4.98 Å². The van der Waals surface area contributed by atoms with Gasteiger partial charge >= 0.3 is 0 Å². The minimum absolute atomic E-state index is 0.326. The molecular weight excluding hydrogens is 255 g/mol. The van der Waals surface area contributed by atoms with Crippen LogP contribution in [0.15, 0.2) is 24.3 Å². The highest BCUT2D eigenvalue weighted by molar-refractivity contribution is 5.71. The van der Waals surface area contributed by atoms with Gasteiger partial charge in [0.1, 0.15) is 17.3 Å². The van der Waals surface area contributed by atoms with E-state index in [-0.39, 0.29) is 5.82 Å². The molecule has 1 fully saturated rings. The molecule has 0 amide bonds. The van der Waals surface area contributed by atoms with Gasteiger partial charge in [0.15, 0.2) is 5.82 Å². The first-order valence-corrected chi connectivity index (χ1v) is 7.06. The summed E-state index contributed by atoms with van der Waals surface area (Å²) in [6.45, 7) is 0. The van der Waals surface area contributed by atoms with Crippen LogP contribution in [0.4, 0.5) is 10.2 Å². The molecular formula is C15H19FN4. The maximum absolute atomic E-state index is 13.9. The highest BCUT2D eigenvalue weighted by Gasteiger charge is 2.24. The lowest BCUT2D eigenvalue weighted by molar-refractivity contribution is 0.424. The maximum Gasteiger partial charge on any atom is 0.150 e. The molecule has 0 aliphatic heterocycles. The molecule has 1 saturated carbocycles. The van der Waals surface area contributed by atoms with E-state index in [0.717, 1.165) is 18.7 Å². The van der Waals surface area contributed by atoms with Gasteiger partial charge in [0.05, 0.1) is 0 Å². The largest absolute Gasteiger partial charge is 0.382 e. The number of nitrogens with zero attached hydrogens (tertiary/aromatic N) is 2. The Morgan fingerprint density at radius 1 is 1.15 bits per heavy atom. The molecule has 0 saturated heterocycles. The fourth-order valence-electron chi connectivity index (χ4n) is 2.96. The molecule has 2 aromatic rings. The van der Waals surface area contributed by atoms with Crippen molar-refractivity contribution in [3.8, 4) is 11.3 Å². The van der Waals surface area contributed by atoms with Crippen LogP contribution < -0.4 is 11.6 Å². The number of rotatable bonds is 2. The van der Waals surface area contributed by atoms with E-state index < -0.39 is 0 Å². The monoisotopic (exact) mass is 274 g/mol. The van der Waals surface area contributed by atoms with Crippen molar-refractivity contribution in [2.75, 3.05) is 11.6 Å². The van der Waals surface area contributed by atoms with Gasteiger partial charge < -0.3 is 11.6 Å². The summed E-state index contributed by atoms with van der Waals surface area (Å²) in [5, 5.41) is 0. The molecule has 0 spiro atoms. The van der Waals surface area contributed by atoms with Crippen molar-refractivity contribution in [1.82, 2.24) is 9.66 Å². The standard InChI is InChI=1S/C15H19FN4/c16-12-9-5-4-8-11(12)13-14(17)20(18)15(19-13)10-6-2-1-3-7-10/h4-5,8-10H,1-3,6-7,17-18H2. The second kappa shape index (κ2) is 5.15. The van der Waals surface area contributed by atoms with Crippen molar-refractivity contribution in [2.45, 2.75) is 38.0 Å². The Balaban J connectivity index is 2.03. The Hall–Kier alpha value is -2.04. The van der Waals surface area contributed by atoms with Gasteiger partial charge in [-0.2, -0.15) is 0 Å². The van der Waals surface area contributed by atoms with Gasteiger partial charge in [-0.25, -0.2) is 14.1 Å². The maximum atomic E-state index is 13.9. The van der Waals surface area contributed by atoms with E-state index in [1.165, 1.54) is 30.0 Å². The fraction of sp³-hybridized carbons (Fsp3) is 0.400. The van der Waals surface area contributed by atoms with E-state index in [9.17, 15) is 4.39 Å². The third-order valence-corrected chi connectivity index (χ3v) is 4.07. The average Bonchev–Trinajstić information content (AvgIpc) is 2.77. The Morgan fingerprint density at radius 3 is 2.55 bits per heavy atom. The zero-order chi connectivity index (χ0) is 14.1. The van der Waals surface area contributed by atoms with Crippen molar-refractivity contribution < 1.29 is 4.39 Å². The topological polar surface area (TPSA) is 69.9 Å².